The third kappa shape index (κ3) is 4.05. The molecule has 3 rings (SSSR count). The van der Waals surface area contributed by atoms with E-state index in [0.29, 0.717) is 6.04 Å². The number of hydrogen-bond donors (Lipinski definition) is 0. The third-order valence-corrected chi connectivity index (χ3v) is 5.21. The van der Waals surface area contributed by atoms with E-state index in [4.69, 9.17) is 11.6 Å². The van der Waals surface area contributed by atoms with Crippen molar-refractivity contribution in [2.75, 3.05) is 24.5 Å². The molecule has 1 aliphatic heterocycles. The number of halogens is 1. The number of piperazine rings is 1. The van der Waals surface area contributed by atoms with E-state index in [9.17, 15) is 4.79 Å². The van der Waals surface area contributed by atoms with Crippen LogP contribution in [0.3, 0.4) is 0 Å². The first-order valence-electron chi connectivity index (χ1n) is 8.85. The minimum Gasteiger partial charge on any atom is -0.366 e. The van der Waals surface area contributed by atoms with Gasteiger partial charge in [-0.3, -0.25) is 9.69 Å². The van der Waals surface area contributed by atoms with Crippen molar-refractivity contribution in [1.82, 2.24) is 14.7 Å². The Morgan fingerprint density at radius 3 is 2.72 bits per heavy atom. The first-order valence-corrected chi connectivity index (χ1v) is 9.22. The van der Waals surface area contributed by atoms with Gasteiger partial charge >= 0.3 is 0 Å². The van der Waals surface area contributed by atoms with Gasteiger partial charge in [-0.25, -0.2) is 4.68 Å². The van der Waals surface area contributed by atoms with Crippen LogP contribution in [0.1, 0.15) is 25.3 Å². The minimum atomic E-state index is -0.238. The van der Waals surface area contributed by atoms with Gasteiger partial charge < -0.3 is 4.90 Å². The van der Waals surface area contributed by atoms with Crippen LogP contribution >= 0.6 is 11.6 Å². The normalized spacial score (nSPS) is 18.5. The number of rotatable bonds is 5. The fourth-order valence-electron chi connectivity index (χ4n) is 3.47. The second-order valence-corrected chi connectivity index (χ2v) is 7.00. The standard InChI is InChI=1S/C19H25ClN4O/c1-3-7-16-14-24(17-12-21-22(2)19(25)18(17)20)11-10-23(16)13-15-8-5-4-6-9-15/h4-6,8-9,12,16H,3,7,10-11,13-14H2,1-2H3. The maximum atomic E-state index is 12.1. The zero-order valence-electron chi connectivity index (χ0n) is 14.9. The molecule has 1 unspecified atom stereocenters. The van der Waals surface area contributed by atoms with Crippen molar-refractivity contribution in [2.24, 2.45) is 7.05 Å². The lowest BCUT2D eigenvalue weighted by Gasteiger charge is -2.42. The average Bonchev–Trinajstić information content (AvgIpc) is 2.63. The van der Waals surface area contributed by atoms with E-state index in [1.807, 2.05) is 0 Å². The minimum absolute atomic E-state index is 0.238. The molecule has 5 nitrogen and oxygen atoms in total. The summed E-state index contributed by atoms with van der Waals surface area (Å²) in [5.74, 6) is 0. The van der Waals surface area contributed by atoms with Crippen molar-refractivity contribution < 1.29 is 0 Å². The highest BCUT2D eigenvalue weighted by Crippen LogP contribution is 2.26. The van der Waals surface area contributed by atoms with E-state index in [-0.39, 0.29) is 10.6 Å². The first kappa shape index (κ1) is 18.0. The molecule has 0 N–H and O–H groups in total. The van der Waals surface area contributed by atoms with Gasteiger partial charge in [0.15, 0.2) is 0 Å². The van der Waals surface area contributed by atoms with Crippen molar-refractivity contribution in [3.05, 3.63) is 57.5 Å². The van der Waals surface area contributed by atoms with E-state index >= 15 is 0 Å². The Kier molecular flexibility index (Phi) is 5.76. The highest BCUT2D eigenvalue weighted by molar-refractivity contribution is 6.33. The molecule has 0 amide bonds. The van der Waals surface area contributed by atoms with Gasteiger partial charge in [0.2, 0.25) is 0 Å². The van der Waals surface area contributed by atoms with E-state index in [0.717, 1.165) is 44.7 Å². The van der Waals surface area contributed by atoms with Crippen LogP contribution < -0.4 is 10.5 Å². The van der Waals surface area contributed by atoms with E-state index in [1.54, 1.807) is 13.2 Å². The predicted molar refractivity (Wildman–Crippen MR) is 102 cm³/mol. The fourth-order valence-corrected chi connectivity index (χ4v) is 3.76. The Hall–Kier alpha value is -1.85. The average molecular weight is 361 g/mol. The van der Waals surface area contributed by atoms with E-state index in [1.165, 1.54) is 10.2 Å². The van der Waals surface area contributed by atoms with Crippen LogP contribution in [0.2, 0.25) is 5.02 Å². The largest absolute Gasteiger partial charge is 0.366 e. The number of aromatic nitrogens is 2. The summed E-state index contributed by atoms with van der Waals surface area (Å²) >= 11 is 6.29. The molecule has 0 aliphatic carbocycles. The molecule has 134 valence electrons. The number of benzene rings is 1. The second kappa shape index (κ2) is 8.02. The number of hydrogen-bond acceptors (Lipinski definition) is 4. The summed E-state index contributed by atoms with van der Waals surface area (Å²) in [7, 11) is 1.62. The molecule has 0 radical (unpaired) electrons. The monoisotopic (exact) mass is 360 g/mol. The topological polar surface area (TPSA) is 41.4 Å². The lowest BCUT2D eigenvalue weighted by atomic mass is 10.0. The fraction of sp³-hybridized carbons (Fsp3) is 0.474. The Labute approximate surface area is 153 Å². The molecule has 1 aromatic carbocycles. The molecular weight excluding hydrogens is 336 g/mol. The summed E-state index contributed by atoms with van der Waals surface area (Å²) in [6.07, 6.45) is 3.96. The Balaban J connectivity index is 1.77. The maximum absolute atomic E-state index is 12.1. The third-order valence-electron chi connectivity index (χ3n) is 4.86. The Bertz CT molecular complexity index is 762. The van der Waals surface area contributed by atoms with Gasteiger partial charge in [0.1, 0.15) is 5.02 Å². The van der Waals surface area contributed by atoms with Crippen molar-refractivity contribution >= 4 is 17.3 Å². The summed E-state index contributed by atoms with van der Waals surface area (Å²) in [5.41, 5.74) is 1.86. The predicted octanol–water partition coefficient (Wildman–Crippen LogP) is 2.92. The van der Waals surface area contributed by atoms with Crippen LogP contribution in [0.25, 0.3) is 0 Å². The summed E-state index contributed by atoms with van der Waals surface area (Å²) in [4.78, 5) is 16.8. The van der Waals surface area contributed by atoms with E-state index < -0.39 is 0 Å². The molecule has 25 heavy (non-hydrogen) atoms. The lowest BCUT2D eigenvalue weighted by molar-refractivity contribution is 0.159. The van der Waals surface area contributed by atoms with Gasteiger partial charge in [0.05, 0.1) is 11.9 Å². The smallest absolute Gasteiger partial charge is 0.287 e. The van der Waals surface area contributed by atoms with Crippen LogP contribution in [-0.4, -0.2) is 40.4 Å². The molecule has 2 heterocycles. The summed E-state index contributed by atoms with van der Waals surface area (Å²) in [6, 6.07) is 11.0. The van der Waals surface area contributed by atoms with Crippen LogP contribution in [-0.2, 0) is 13.6 Å². The van der Waals surface area contributed by atoms with Crippen LogP contribution in [0.4, 0.5) is 5.69 Å². The number of anilines is 1. The van der Waals surface area contributed by atoms with Gasteiger partial charge in [0, 0.05) is 39.3 Å². The van der Waals surface area contributed by atoms with Crippen LogP contribution in [0.15, 0.2) is 41.3 Å². The molecule has 0 spiro atoms. The quantitative estimate of drug-likeness (QED) is 0.822. The van der Waals surface area contributed by atoms with Crippen molar-refractivity contribution in [2.45, 2.75) is 32.4 Å². The molecule has 1 atom stereocenters. The molecule has 1 saturated heterocycles. The Morgan fingerprint density at radius 2 is 2.00 bits per heavy atom. The summed E-state index contributed by atoms with van der Waals surface area (Å²) < 4.78 is 1.28. The van der Waals surface area contributed by atoms with Crippen molar-refractivity contribution in [1.29, 1.82) is 0 Å². The Morgan fingerprint density at radius 1 is 1.24 bits per heavy atom. The summed E-state index contributed by atoms with van der Waals surface area (Å²) in [5, 5.41) is 4.40. The second-order valence-electron chi connectivity index (χ2n) is 6.62. The van der Waals surface area contributed by atoms with Gasteiger partial charge in [-0.05, 0) is 12.0 Å². The van der Waals surface area contributed by atoms with Crippen molar-refractivity contribution in [3.8, 4) is 0 Å². The van der Waals surface area contributed by atoms with Crippen LogP contribution in [0.5, 0.6) is 0 Å². The van der Waals surface area contributed by atoms with Gasteiger partial charge in [0.25, 0.3) is 5.56 Å². The molecule has 0 saturated carbocycles. The molecule has 1 fully saturated rings. The molecule has 0 bridgehead atoms. The highest BCUT2D eigenvalue weighted by atomic mass is 35.5. The molecular formula is C19H25ClN4O. The SMILES string of the molecule is CCCC1CN(c2cnn(C)c(=O)c2Cl)CCN1Cc1ccccc1. The lowest BCUT2D eigenvalue weighted by Crippen LogP contribution is -2.53. The highest BCUT2D eigenvalue weighted by Gasteiger charge is 2.28. The van der Waals surface area contributed by atoms with E-state index in [2.05, 4.69) is 52.2 Å². The summed E-state index contributed by atoms with van der Waals surface area (Å²) in [6.45, 7) is 5.84. The van der Waals surface area contributed by atoms with Crippen LogP contribution in [0, 0.1) is 0 Å². The maximum Gasteiger partial charge on any atom is 0.287 e. The number of nitrogens with zero attached hydrogens (tertiary/aromatic N) is 4. The van der Waals surface area contributed by atoms with Gasteiger partial charge in [-0.1, -0.05) is 55.3 Å². The zero-order chi connectivity index (χ0) is 17.8. The molecule has 1 aliphatic rings. The van der Waals surface area contributed by atoms with Gasteiger partial charge in [-0.15, -0.1) is 0 Å². The van der Waals surface area contributed by atoms with Gasteiger partial charge in [-0.2, -0.15) is 5.10 Å². The zero-order valence-corrected chi connectivity index (χ0v) is 15.6. The number of aryl methyl sites for hydroxylation is 1. The van der Waals surface area contributed by atoms with Crippen molar-refractivity contribution in [3.63, 3.8) is 0 Å². The first-order chi connectivity index (χ1) is 12.1. The molecule has 6 heteroatoms. The molecule has 2 aromatic rings. The molecule has 1 aromatic heterocycles.